The zero-order valence-electron chi connectivity index (χ0n) is 8.10. The second kappa shape index (κ2) is 4.39. The van der Waals surface area contributed by atoms with Crippen LogP contribution in [-0.2, 0) is 4.74 Å². The molecule has 14 heavy (non-hydrogen) atoms. The normalized spacial score (nSPS) is 23.2. The van der Waals surface area contributed by atoms with E-state index in [4.69, 9.17) is 10.5 Å². The lowest BCUT2D eigenvalue weighted by atomic mass is 10.3. The molecule has 0 bridgehead atoms. The molecule has 2 heterocycles. The Morgan fingerprint density at radius 1 is 1.43 bits per heavy atom. The monoisotopic (exact) mass is 193 g/mol. The summed E-state index contributed by atoms with van der Waals surface area (Å²) in [5, 5.41) is 0. The molecule has 2 N–H and O–H groups in total. The molecule has 0 aromatic carbocycles. The fourth-order valence-corrected chi connectivity index (χ4v) is 1.63. The summed E-state index contributed by atoms with van der Waals surface area (Å²) in [4.78, 5) is 6.23. The molecule has 1 unspecified atom stereocenters. The van der Waals surface area contributed by atoms with Crippen molar-refractivity contribution in [3.05, 3.63) is 24.5 Å². The van der Waals surface area contributed by atoms with Crippen molar-refractivity contribution in [1.29, 1.82) is 0 Å². The van der Waals surface area contributed by atoms with Crippen molar-refractivity contribution in [3.63, 3.8) is 0 Å². The van der Waals surface area contributed by atoms with Crippen LogP contribution in [0.25, 0.3) is 0 Å². The van der Waals surface area contributed by atoms with Crippen LogP contribution in [0.3, 0.4) is 0 Å². The van der Waals surface area contributed by atoms with Gasteiger partial charge in [-0.2, -0.15) is 0 Å². The first-order chi connectivity index (χ1) is 6.86. The Kier molecular flexibility index (Phi) is 2.96. The Hall–Kier alpha value is -1.13. The third kappa shape index (κ3) is 2.21. The maximum Gasteiger partial charge on any atom is 0.0642 e. The summed E-state index contributed by atoms with van der Waals surface area (Å²) in [6.45, 7) is 3.15. The highest BCUT2D eigenvalue weighted by atomic mass is 16.5. The third-order valence-corrected chi connectivity index (χ3v) is 2.32. The fraction of sp³-hybridized carbons (Fsp3) is 0.500. The van der Waals surface area contributed by atoms with Crippen LogP contribution in [0.1, 0.15) is 0 Å². The first kappa shape index (κ1) is 9.43. The lowest BCUT2D eigenvalue weighted by Gasteiger charge is -2.23. The Labute approximate surface area is 83.7 Å². The van der Waals surface area contributed by atoms with E-state index in [9.17, 15) is 0 Å². The van der Waals surface area contributed by atoms with Crippen LogP contribution in [0.2, 0.25) is 0 Å². The number of hydrogen-bond donors (Lipinski definition) is 1. The molecule has 4 nitrogen and oxygen atoms in total. The van der Waals surface area contributed by atoms with Gasteiger partial charge in [0.25, 0.3) is 0 Å². The Bertz CT molecular complexity index is 278. The number of nitrogens with zero attached hydrogens (tertiary/aromatic N) is 2. The molecule has 1 aliphatic rings. The smallest absolute Gasteiger partial charge is 0.0642 e. The number of rotatable bonds is 1. The quantitative estimate of drug-likeness (QED) is 0.694. The van der Waals surface area contributed by atoms with E-state index in [1.165, 1.54) is 5.69 Å². The summed E-state index contributed by atoms with van der Waals surface area (Å²) >= 11 is 0. The van der Waals surface area contributed by atoms with E-state index >= 15 is 0 Å². The molecule has 0 aliphatic carbocycles. The van der Waals surface area contributed by atoms with E-state index in [0.29, 0.717) is 6.61 Å². The average Bonchev–Trinajstić information content (AvgIpc) is 2.44. The Balaban J connectivity index is 2.09. The maximum atomic E-state index is 5.88. The average molecular weight is 193 g/mol. The van der Waals surface area contributed by atoms with E-state index in [-0.39, 0.29) is 6.04 Å². The Morgan fingerprint density at radius 2 is 2.21 bits per heavy atom. The molecule has 1 saturated heterocycles. The van der Waals surface area contributed by atoms with Crippen molar-refractivity contribution in [2.75, 3.05) is 31.2 Å². The van der Waals surface area contributed by atoms with Crippen molar-refractivity contribution in [2.45, 2.75) is 6.04 Å². The summed E-state index contributed by atoms with van der Waals surface area (Å²) in [6.07, 6.45) is 3.60. The summed E-state index contributed by atoms with van der Waals surface area (Å²) in [5.41, 5.74) is 7.05. The van der Waals surface area contributed by atoms with Crippen molar-refractivity contribution in [2.24, 2.45) is 5.73 Å². The van der Waals surface area contributed by atoms with E-state index in [1.807, 2.05) is 12.1 Å². The van der Waals surface area contributed by atoms with Gasteiger partial charge in [0.15, 0.2) is 0 Å². The minimum atomic E-state index is 0.102. The molecule has 0 amide bonds. The van der Waals surface area contributed by atoms with Gasteiger partial charge in [-0.15, -0.1) is 0 Å². The molecule has 1 atom stereocenters. The predicted molar refractivity (Wildman–Crippen MR) is 55.2 cm³/mol. The Morgan fingerprint density at radius 3 is 3.00 bits per heavy atom. The lowest BCUT2D eigenvalue weighted by Crippen LogP contribution is -2.37. The molecule has 76 valence electrons. The molecule has 4 heteroatoms. The minimum Gasteiger partial charge on any atom is -0.378 e. The van der Waals surface area contributed by atoms with E-state index in [2.05, 4.69) is 9.88 Å². The van der Waals surface area contributed by atoms with Crippen molar-refractivity contribution in [1.82, 2.24) is 4.98 Å². The molecule has 1 aromatic rings. The molecule has 2 rings (SSSR count). The highest BCUT2D eigenvalue weighted by molar-refractivity contribution is 5.44. The zero-order chi connectivity index (χ0) is 9.80. The predicted octanol–water partition coefficient (Wildman–Crippen LogP) is 0.245. The first-order valence-corrected chi connectivity index (χ1v) is 4.84. The molecule has 0 saturated carbocycles. The fourth-order valence-electron chi connectivity index (χ4n) is 1.63. The number of pyridine rings is 1. The topological polar surface area (TPSA) is 51.4 Å². The molecule has 0 radical (unpaired) electrons. The van der Waals surface area contributed by atoms with Crippen LogP contribution in [0.15, 0.2) is 24.5 Å². The summed E-state index contributed by atoms with van der Waals surface area (Å²) in [6, 6.07) is 4.10. The van der Waals surface area contributed by atoms with Gasteiger partial charge < -0.3 is 15.4 Å². The number of aromatic nitrogens is 1. The van der Waals surface area contributed by atoms with Crippen LogP contribution in [0.4, 0.5) is 5.69 Å². The second-order valence-corrected chi connectivity index (χ2v) is 3.49. The van der Waals surface area contributed by atoms with Gasteiger partial charge in [0.05, 0.1) is 13.2 Å². The summed E-state index contributed by atoms with van der Waals surface area (Å²) in [5.74, 6) is 0. The van der Waals surface area contributed by atoms with Crippen LogP contribution >= 0.6 is 0 Å². The maximum absolute atomic E-state index is 5.88. The van der Waals surface area contributed by atoms with Gasteiger partial charge in [-0.05, 0) is 12.1 Å². The minimum absolute atomic E-state index is 0.102. The van der Waals surface area contributed by atoms with Gasteiger partial charge in [0, 0.05) is 37.2 Å². The van der Waals surface area contributed by atoms with Gasteiger partial charge in [0.1, 0.15) is 0 Å². The van der Waals surface area contributed by atoms with Gasteiger partial charge >= 0.3 is 0 Å². The number of nitrogens with two attached hydrogens (primary N) is 1. The van der Waals surface area contributed by atoms with E-state index in [1.54, 1.807) is 12.4 Å². The lowest BCUT2D eigenvalue weighted by molar-refractivity contribution is 0.143. The zero-order valence-corrected chi connectivity index (χ0v) is 8.10. The number of hydrogen-bond acceptors (Lipinski definition) is 4. The van der Waals surface area contributed by atoms with Crippen molar-refractivity contribution < 1.29 is 4.74 Å². The highest BCUT2D eigenvalue weighted by Crippen LogP contribution is 2.13. The van der Waals surface area contributed by atoms with Crippen molar-refractivity contribution in [3.8, 4) is 0 Å². The van der Waals surface area contributed by atoms with Crippen LogP contribution in [-0.4, -0.2) is 37.3 Å². The number of ether oxygens (including phenoxy) is 1. The highest BCUT2D eigenvalue weighted by Gasteiger charge is 2.15. The van der Waals surface area contributed by atoms with Crippen LogP contribution in [0, 0.1) is 0 Å². The van der Waals surface area contributed by atoms with E-state index in [0.717, 1.165) is 19.7 Å². The van der Waals surface area contributed by atoms with E-state index < -0.39 is 0 Å². The third-order valence-electron chi connectivity index (χ3n) is 2.32. The van der Waals surface area contributed by atoms with Crippen molar-refractivity contribution >= 4 is 5.69 Å². The molecular formula is C10H15N3O. The largest absolute Gasteiger partial charge is 0.378 e. The molecule has 1 fully saturated rings. The first-order valence-electron chi connectivity index (χ1n) is 4.84. The van der Waals surface area contributed by atoms with Crippen LogP contribution < -0.4 is 10.6 Å². The molecule has 1 aliphatic heterocycles. The summed E-state index contributed by atoms with van der Waals surface area (Å²) < 4.78 is 5.38. The molecule has 0 spiro atoms. The molecule has 1 aromatic heterocycles. The SMILES string of the molecule is NC1COCCN(c2ccncc2)C1. The second-order valence-electron chi connectivity index (χ2n) is 3.49. The van der Waals surface area contributed by atoms with Gasteiger partial charge in [-0.3, -0.25) is 4.98 Å². The van der Waals surface area contributed by atoms with Crippen LogP contribution in [0.5, 0.6) is 0 Å². The van der Waals surface area contributed by atoms with Gasteiger partial charge in [-0.25, -0.2) is 0 Å². The summed E-state index contributed by atoms with van der Waals surface area (Å²) in [7, 11) is 0. The van der Waals surface area contributed by atoms with Gasteiger partial charge in [0.2, 0.25) is 0 Å². The standard InChI is InChI=1S/C10H15N3O/c11-9-7-13(5-6-14-8-9)10-1-3-12-4-2-10/h1-4,9H,5-8,11H2. The van der Waals surface area contributed by atoms with Gasteiger partial charge in [-0.1, -0.05) is 0 Å². The number of anilines is 1. The molecular weight excluding hydrogens is 178 g/mol.